The topological polar surface area (TPSA) is 65.2 Å². The fraction of sp³-hybridized carbons (Fsp3) is 0.800. The number of carbonyl (C=O) groups excluding carboxylic acids is 1. The van der Waals surface area contributed by atoms with Crippen LogP contribution in [0.5, 0.6) is 0 Å². The molecule has 110 valence electrons. The van der Waals surface area contributed by atoms with Gasteiger partial charge >= 0.3 is 5.97 Å². The highest BCUT2D eigenvalue weighted by atomic mass is 16.5. The standard InChI is InChI=1S/C15H22N2O3/c1-2-19-14(18)15(9-5-3-4-6-10-15)13-16-12(17-20-13)11-7-8-11/h11H,2-10H2,1H3. The average molecular weight is 278 g/mol. The highest BCUT2D eigenvalue weighted by Gasteiger charge is 2.47. The first-order valence-corrected chi connectivity index (χ1v) is 7.77. The Morgan fingerprint density at radius 2 is 2.00 bits per heavy atom. The van der Waals surface area contributed by atoms with E-state index in [1.807, 2.05) is 6.92 Å². The molecule has 5 heteroatoms. The van der Waals surface area contributed by atoms with E-state index in [2.05, 4.69) is 10.1 Å². The molecule has 2 aliphatic rings. The molecule has 0 N–H and O–H groups in total. The first kappa shape index (κ1) is 13.6. The van der Waals surface area contributed by atoms with Crippen LogP contribution < -0.4 is 0 Å². The minimum Gasteiger partial charge on any atom is -0.465 e. The van der Waals surface area contributed by atoms with Crippen molar-refractivity contribution in [3.63, 3.8) is 0 Å². The number of nitrogens with zero attached hydrogens (tertiary/aromatic N) is 2. The Hall–Kier alpha value is -1.39. The van der Waals surface area contributed by atoms with Crippen LogP contribution in [0.2, 0.25) is 0 Å². The van der Waals surface area contributed by atoms with Gasteiger partial charge in [0.25, 0.3) is 0 Å². The van der Waals surface area contributed by atoms with E-state index in [9.17, 15) is 4.79 Å². The molecule has 2 fully saturated rings. The van der Waals surface area contributed by atoms with Crippen molar-refractivity contribution in [1.29, 1.82) is 0 Å². The lowest BCUT2D eigenvalue weighted by Crippen LogP contribution is -2.37. The third-order valence-corrected chi connectivity index (χ3v) is 4.42. The van der Waals surface area contributed by atoms with Crippen molar-refractivity contribution in [2.45, 2.75) is 69.6 Å². The number of rotatable bonds is 4. The second kappa shape index (κ2) is 5.54. The Morgan fingerprint density at radius 1 is 1.30 bits per heavy atom. The Balaban J connectivity index is 1.91. The zero-order valence-corrected chi connectivity index (χ0v) is 12.1. The molecule has 0 spiro atoms. The third kappa shape index (κ3) is 2.45. The van der Waals surface area contributed by atoms with Crippen molar-refractivity contribution in [1.82, 2.24) is 10.1 Å². The summed E-state index contributed by atoms with van der Waals surface area (Å²) in [5.41, 5.74) is -0.702. The van der Waals surface area contributed by atoms with Crippen LogP contribution in [0.4, 0.5) is 0 Å². The minimum atomic E-state index is -0.702. The van der Waals surface area contributed by atoms with E-state index in [4.69, 9.17) is 9.26 Å². The quantitative estimate of drug-likeness (QED) is 0.625. The zero-order chi connectivity index (χ0) is 14.0. The first-order chi connectivity index (χ1) is 9.76. The molecule has 0 radical (unpaired) electrons. The third-order valence-electron chi connectivity index (χ3n) is 4.42. The second-order valence-corrected chi connectivity index (χ2v) is 5.95. The van der Waals surface area contributed by atoms with Crippen LogP contribution >= 0.6 is 0 Å². The Bertz CT molecular complexity index is 471. The number of carbonyl (C=O) groups is 1. The predicted molar refractivity (Wildman–Crippen MR) is 72.3 cm³/mol. The van der Waals surface area contributed by atoms with E-state index in [1.54, 1.807) is 0 Å². The van der Waals surface area contributed by atoms with Crippen LogP contribution in [0.25, 0.3) is 0 Å². The van der Waals surface area contributed by atoms with E-state index >= 15 is 0 Å². The van der Waals surface area contributed by atoms with Gasteiger partial charge in [0.05, 0.1) is 6.61 Å². The van der Waals surface area contributed by atoms with Gasteiger partial charge in [0.2, 0.25) is 5.89 Å². The second-order valence-electron chi connectivity index (χ2n) is 5.95. The molecule has 20 heavy (non-hydrogen) atoms. The molecule has 0 bridgehead atoms. The number of hydrogen-bond donors (Lipinski definition) is 0. The molecular formula is C15H22N2O3. The molecule has 1 aromatic heterocycles. The summed E-state index contributed by atoms with van der Waals surface area (Å²) in [4.78, 5) is 17.1. The molecule has 2 saturated carbocycles. The summed E-state index contributed by atoms with van der Waals surface area (Å²) < 4.78 is 10.8. The van der Waals surface area contributed by atoms with E-state index in [0.717, 1.165) is 57.2 Å². The van der Waals surface area contributed by atoms with E-state index < -0.39 is 5.41 Å². The van der Waals surface area contributed by atoms with Crippen LogP contribution in [0.3, 0.4) is 0 Å². The summed E-state index contributed by atoms with van der Waals surface area (Å²) in [6.45, 7) is 2.23. The van der Waals surface area contributed by atoms with Gasteiger partial charge in [-0.05, 0) is 32.6 Å². The first-order valence-electron chi connectivity index (χ1n) is 7.77. The van der Waals surface area contributed by atoms with E-state index in [0.29, 0.717) is 18.4 Å². The molecule has 1 aromatic rings. The Morgan fingerprint density at radius 3 is 2.60 bits per heavy atom. The Kier molecular flexibility index (Phi) is 3.76. The van der Waals surface area contributed by atoms with Crippen molar-refractivity contribution < 1.29 is 14.1 Å². The predicted octanol–water partition coefficient (Wildman–Crippen LogP) is 3.10. The maximum absolute atomic E-state index is 12.5. The maximum Gasteiger partial charge on any atom is 0.321 e. The van der Waals surface area contributed by atoms with E-state index in [1.165, 1.54) is 0 Å². The van der Waals surface area contributed by atoms with Crippen LogP contribution in [0.15, 0.2) is 4.52 Å². The SMILES string of the molecule is CCOC(=O)C1(c2nc(C3CC3)no2)CCCCCC1. The van der Waals surface area contributed by atoms with Gasteiger partial charge in [-0.1, -0.05) is 30.8 Å². The lowest BCUT2D eigenvalue weighted by atomic mass is 9.80. The molecule has 2 aliphatic carbocycles. The highest BCUT2D eigenvalue weighted by molar-refractivity contribution is 5.81. The highest BCUT2D eigenvalue weighted by Crippen LogP contribution is 2.42. The number of ether oxygens (including phenoxy) is 1. The lowest BCUT2D eigenvalue weighted by molar-refractivity contribution is -0.152. The van der Waals surface area contributed by atoms with Gasteiger partial charge < -0.3 is 9.26 Å². The van der Waals surface area contributed by atoms with Crippen molar-refractivity contribution in [3.8, 4) is 0 Å². The monoisotopic (exact) mass is 278 g/mol. The van der Waals surface area contributed by atoms with Crippen molar-refractivity contribution in [3.05, 3.63) is 11.7 Å². The number of esters is 1. The normalized spacial score (nSPS) is 22.2. The molecular weight excluding hydrogens is 256 g/mol. The fourth-order valence-electron chi connectivity index (χ4n) is 3.04. The molecule has 1 heterocycles. The summed E-state index contributed by atoms with van der Waals surface area (Å²) in [6, 6.07) is 0. The Labute approximate surface area is 119 Å². The zero-order valence-electron chi connectivity index (χ0n) is 12.1. The average Bonchev–Trinajstić information content (AvgIpc) is 3.23. The van der Waals surface area contributed by atoms with Crippen molar-refractivity contribution >= 4 is 5.97 Å². The molecule has 0 aromatic carbocycles. The lowest BCUT2D eigenvalue weighted by Gasteiger charge is -2.25. The van der Waals surface area contributed by atoms with Gasteiger partial charge in [-0.15, -0.1) is 0 Å². The molecule has 0 saturated heterocycles. The molecule has 3 rings (SSSR count). The summed E-state index contributed by atoms with van der Waals surface area (Å²) in [5, 5.41) is 4.08. The van der Waals surface area contributed by atoms with Gasteiger partial charge in [0, 0.05) is 5.92 Å². The minimum absolute atomic E-state index is 0.187. The number of aromatic nitrogens is 2. The summed E-state index contributed by atoms with van der Waals surface area (Å²) >= 11 is 0. The van der Waals surface area contributed by atoms with Gasteiger partial charge in [-0.2, -0.15) is 4.98 Å². The molecule has 0 aliphatic heterocycles. The molecule has 0 unspecified atom stereocenters. The molecule has 0 amide bonds. The van der Waals surface area contributed by atoms with Crippen LogP contribution in [-0.2, 0) is 14.9 Å². The van der Waals surface area contributed by atoms with Crippen molar-refractivity contribution in [2.75, 3.05) is 6.61 Å². The van der Waals surface area contributed by atoms with Gasteiger partial charge in [-0.25, -0.2) is 0 Å². The van der Waals surface area contributed by atoms with Crippen LogP contribution in [0, 0.1) is 0 Å². The molecule has 5 nitrogen and oxygen atoms in total. The van der Waals surface area contributed by atoms with Gasteiger partial charge in [0.15, 0.2) is 5.82 Å². The van der Waals surface area contributed by atoms with Crippen LogP contribution in [-0.4, -0.2) is 22.7 Å². The summed E-state index contributed by atoms with van der Waals surface area (Å²) in [6.07, 6.45) is 8.13. The van der Waals surface area contributed by atoms with Crippen molar-refractivity contribution in [2.24, 2.45) is 0 Å². The fourth-order valence-corrected chi connectivity index (χ4v) is 3.04. The van der Waals surface area contributed by atoms with E-state index in [-0.39, 0.29) is 5.97 Å². The summed E-state index contributed by atoms with van der Waals surface area (Å²) in [5.74, 6) is 1.51. The summed E-state index contributed by atoms with van der Waals surface area (Å²) in [7, 11) is 0. The smallest absolute Gasteiger partial charge is 0.321 e. The van der Waals surface area contributed by atoms with Gasteiger partial charge in [0.1, 0.15) is 5.41 Å². The molecule has 0 atom stereocenters. The largest absolute Gasteiger partial charge is 0.465 e. The number of hydrogen-bond acceptors (Lipinski definition) is 5. The van der Waals surface area contributed by atoms with Crippen LogP contribution in [0.1, 0.15) is 75.9 Å². The maximum atomic E-state index is 12.5. The van der Waals surface area contributed by atoms with Gasteiger partial charge in [-0.3, -0.25) is 4.79 Å².